The second kappa shape index (κ2) is 4.13. The van der Waals surface area contributed by atoms with E-state index < -0.39 is 5.82 Å². The monoisotopic (exact) mass is 222 g/mol. The molecule has 2 aromatic heterocycles. The molecule has 3 N–H and O–H groups in total. The third kappa shape index (κ3) is 2.25. The fourth-order valence-corrected chi connectivity index (χ4v) is 1.24. The van der Waals surface area contributed by atoms with Gasteiger partial charge in [0.1, 0.15) is 0 Å². The Morgan fingerprint density at radius 3 is 3.06 bits per heavy atom. The summed E-state index contributed by atoms with van der Waals surface area (Å²) >= 11 is 0. The molecule has 2 rings (SSSR count). The van der Waals surface area contributed by atoms with Crippen LogP contribution in [0.5, 0.6) is 0 Å². The van der Waals surface area contributed by atoms with Crippen molar-refractivity contribution in [2.75, 3.05) is 11.1 Å². The molecule has 0 aliphatic heterocycles. The maximum atomic E-state index is 13.2. The molecule has 0 spiro atoms. The first-order valence-electron chi connectivity index (χ1n) is 4.65. The summed E-state index contributed by atoms with van der Waals surface area (Å²) < 4.78 is 14.9. The third-order valence-corrected chi connectivity index (χ3v) is 1.97. The molecule has 0 aliphatic carbocycles. The molecule has 0 saturated heterocycles. The number of aromatic nitrogens is 4. The van der Waals surface area contributed by atoms with E-state index in [0.717, 1.165) is 11.9 Å². The molecule has 7 heteroatoms. The standard InChI is InChI=1S/C9H11FN6/c1-16-3-2-6(15-16)4-12-8-7(10)5-13-9(11)14-8/h2-3,5H,4H2,1H3,(H3,11,12,13,14). The van der Waals surface area contributed by atoms with Crippen molar-refractivity contribution in [3.8, 4) is 0 Å². The number of rotatable bonds is 3. The maximum Gasteiger partial charge on any atom is 0.222 e. The highest BCUT2D eigenvalue weighted by molar-refractivity contribution is 5.39. The van der Waals surface area contributed by atoms with E-state index in [4.69, 9.17) is 5.73 Å². The van der Waals surface area contributed by atoms with E-state index in [9.17, 15) is 4.39 Å². The van der Waals surface area contributed by atoms with Crippen LogP contribution in [-0.4, -0.2) is 19.7 Å². The minimum atomic E-state index is -0.537. The Bertz CT molecular complexity index is 494. The van der Waals surface area contributed by atoms with Crippen molar-refractivity contribution in [1.29, 1.82) is 0 Å². The number of nitrogen functional groups attached to an aromatic ring is 1. The Labute approximate surface area is 91.3 Å². The number of nitrogens with one attached hydrogen (secondary N) is 1. The summed E-state index contributed by atoms with van der Waals surface area (Å²) in [5.74, 6) is -0.423. The molecular formula is C9H11FN6. The molecule has 0 unspecified atom stereocenters. The molecule has 2 heterocycles. The zero-order chi connectivity index (χ0) is 11.5. The first-order chi connectivity index (χ1) is 7.65. The topological polar surface area (TPSA) is 81.7 Å². The molecule has 0 aromatic carbocycles. The first-order valence-corrected chi connectivity index (χ1v) is 4.65. The number of halogens is 1. The average molecular weight is 222 g/mol. The third-order valence-electron chi connectivity index (χ3n) is 1.97. The van der Waals surface area contributed by atoms with Crippen molar-refractivity contribution in [1.82, 2.24) is 19.7 Å². The SMILES string of the molecule is Cn1ccc(CNc2nc(N)ncc2F)n1. The molecule has 16 heavy (non-hydrogen) atoms. The normalized spacial score (nSPS) is 10.4. The predicted molar refractivity (Wildman–Crippen MR) is 56.9 cm³/mol. The lowest BCUT2D eigenvalue weighted by Crippen LogP contribution is -2.07. The van der Waals surface area contributed by atoms with E-state index in [1.165, 1.54) is 0 Å². The van der Waals surface area contributed by atoms with Gasteiger partial charge in [0, 0.05) is 13.2 Å². The Morgan fingerprint density at radius 1 is 1.56 bits per heavy atom. The number of hydrogen-bond donors (Lipinski definition) is 2. The molecule has 0 amide bonds. The molecule has 0 aliphatic rings. The summed E-state index contributed by atoms with van der Waals surface area (Å²) in [6.45, 7) is 0.383. The van der Waals surface area contributed by atoms with E-state index in [1.807, 2.05) is 19.3 Å². The van der Waals surface area contributed by atoms with Gasteiger partial charge in [0.25, 0.3) is 0 Å². The summed E-state index contributed by atoms with van der Waals surface area (Å²) in [5.41, 5.74) is 6.14. The minimum Gasteiger partial charge on any atom is -0.368 e. The van der Waals surface area contributed by atoms with Gasteiger partial charge in [-0.2, -0.15) is 10.1 Å². The van der Waals surface area contributed by atoms with Crippen LogP contribution in [0.25, 0.3) is 0 Å². The van der Waals surface area contributed by atoms with Gasteiger partial charge in [-0.3, -0.25) is 4.68 Å². The van der Waals surface area contributed by atoms with Crippen molar-refractivity contribution in [2.45, 2.75) is 6.54 Å². The summed E-state index contributed by atoms with van der Waals surface area (Å²) in [5, 5.41) is 6.94. The van der Waals surface area contributed by atoms with Crippen LogP contribution in [0.15, 0.2) is 18.5 Å². The number of nitrogens with zero attached hydrogens (tertiary/aromatic N) is 4. The van der Waals surface area contributed by atoms with Crippen LogP contribution in [0.4, 0.5) is 16.2 Å². The summed E-state index contributed by atoms with van der Waals surface area (Å²) in [4.78, 5) is 7.27. The predicted octanol–water partition coefficient (Wildman–Crippen LogP) is 0.543. The van der Waals surface area contributed by atoms with Crippen molar-refractivity contribution in [3.63, 3.8) is 0 Å². The second-order valence-electron chi connectivity index (χ2n) is 3.26. The summed E-state index contributed by atoms with van der Waals surface area (Å²) in [6, 6.07) is 1.83. The van der Waals surface area contributed by atoms with Gasteiger partial charge in [-0.1, -0.05) is 0 Å². The van der Waals surface area contributed by atoms with Crippen molar-refractivity contribution < 1.29 is 4.39 Å². The van der Waals surface area contributed by atoms with Crippen LogP contribution in [0.1, 0.15) is 5.69 Å². The maximum absolute atomic E-state index is 13.2. The fraction of sp³-hybridized carbons (Fsp3) is 0.222. The van der Waals surface area contributed by atoms with Crippen molar-refractivity contribution in [3.05, 3.63) is 30.0 Å². The van der Waals surface area contributed by atoms with E-state index in [2.05, 4.69) is 20.4 Å². The van der Waals surface area contributed by atoms with Crippen LogP contribution in [0, 0.1) is 5.82 Å². The minimum absolute atomic E-state index is 0.0323. The second-order valence-corrected chi connectivity index (χ2v) is 3.26. The molecule has 84 valence electrons. The Hall–Kier alpha value is -2.18. The Balaban J connectivity index is 2.07. The van der Waals surface area contributed by atoms with Gasteiger partial charge in [0.05, 0.1) is 18.4 Å². The molecule has 0 fully saturated rings. The summed E-state index contributed by atoms with van der Waals surface area (Å²) in [7, 11) is 1.81. The lowest BCUT2D eigenvalue weighted by atomic mass is 10.4. The number of nitrogens with two attached hydrogens (primary N) is 1. The largest absolute Gasteiger partial charge is 0.368 e. The Kier molecular flexibility index (Phi) is 2.67. The first kappa shape index (κ1) is 10.3. The highest BCUT2D eigenvalue weighted by Gasteiger charge is 2.05. The van der Waals surface area contributed by atoms with Gasteiger partial charge in [-0.15, -0.1) is 0 Å². The molecule has 0 bridgehead atoms. The van der Waals surface area contributed by atoms with Crippen molar-refractivity contribution in [2.24, 2.45) is 7.05 Å². The molecule has 0 atom stereocenters. The Morgan fingerprint density at radius 2 is 2.38 bits per heavy atom. The molecule has 0 saturated carbocycles. The van der Waals surface area contributed by atoms with Crippen LogP contribution in [0.3, 0.4) is 0 Å². The highest BCUT2D eigenvalue weighted by Crippen LogP contribution is 2.11. The summed E-state index contributed by atoms with van der Waals surface area (Å²) in [6.07, 6.45) is 2.84. The van der Waals surface area contributed by atoms with Crippen LogP contribution in [-0.2, 0) is 13.6 Å². The molecule has 0 radical (unpaired) electrons. The van der Waals surface area contributed by atoms with Crippen LogP contribution in [0.2, 0.25) is 0 Å². The lowest BCUT2D eigenvalue weighted by Gasteiger charge is -2.04. The smallest absolute Gasteiger partial charge is 0.222 e. The number of aryl methyl sites for hydroxylation is 1. The van der Waals surface area contributed by atoms with Crippen LogP contribution >= 0.6 is 0 Å². The number of hydrogen-bond acceptors (Lipinski definition) is 5. The van der Waals surface area contributed by atoms with Gasteiger partial charge in [-0.05, 0) is 6.07 Å². The lowest BCUT2D eigenvalue weighted by molar-refractivity contribution is 0.617. The van der Waals surface area contributed by atoms with E-state index in [-0.39, 0.29) is 11.8 Å². The molecule has 2 aromatic rings. The molecular weight excluding hydrogens is 211 g/mol. The highest BCUT2D eigenvalue weighted by atomic mass is 19.1. The van der Waals surface area contributed by atoms with Crippen molar-refractivity contribution >= 4 is 11.8 Å². The van der Waals surface area contributed by atoms with Gasteiger partial charge in [0.15, 0.2) is 11.6 Å². The van der Waals surface area contributed by atoms with Gasteiger partial charge < -0.3 is 11.1 Å². The molecule has 6 nitrogen and oxygen atoms in total. The van der Waals surface area contributed by atoms with Gasteiger partial charge in [0.2, 0.25) is 5.95 Å². The van der Waals surface area contributed by atoms with Gasteiger partial charge in [-0.25, -0.2) is 9.37 Å². The quantitative estimate of drug-likeness (QED) is 0.792. The van der Waals surface area contributed by atoms with Gasteiger partial charge >= 0.3 is 0 Å². The fourth-order valence-electron chi connectivity index (χ4n) is 1.24. The van der Waals surface area contributed by atoms with E-state index >= 15 is 0 Å². The van der Waals surface area contributed by atoms with E-state index in [0.29, 0.717) is 6.54 Å². The number of anilines is 2. The van der Waals surface area contributed by atoms with Crippen LogP contribution < -0.4 is 11.1 Å². The van der Waals surface area contributed by atoms with E-state index in [1.54, 1.807) is 4.68 Å². The zero-order valence-electron chi connectivity index (χ0n) is 8.68. The average Bonchev–Trinajstić information content (AvgIpc) is 2.66. The zero-order valence-corrected chi connectivity index (χ0v) is 8.68.